The molecule has 4 heteroatoms. The topological polar surface area (TPSA) is 35.5 Å². The first-order valence-corrected chi connectivity index (χ1v) is 5.09. The Morgan fingerprint density at radius 2 is 2.38 bits per heavy atom. The highest BCUT2D eigenvalue weighted by molar-refractivity contribution is 5.66. The Kier molecular flexibility index (Phi) is 2.58. The van der Waals surface area contributed by atoms with Gasteiger partial charge in [0, 0.05) is 18.9 Å². The molecule has 86 valence electrons. The molecule has 0 amide bonds. The molecule has 1 aromatic carbocycles. The van der Waals surface area contributed by atoms with E-state index in [-0.39, 0.29) is 18.4 Å². The lowest BCUT2D eigenvalue weighted by Crippen LogP contribution is -2.36. The second-order valence-corrected chi connectivity index (χ2v) is 4.26. The Morgan fingerprint density at radius 3 is 3.06 bits per heavy atom. The molecule has 1 heterocycles. The van der Waals surface area contributed by atoms with Crippen LogP contribution in [0, 0.1) is 5.82 Å². The maximum atomic E-state index is 13.0. The lowest BCUT2D eigenvalue weighted by atomic mass is 10.0. The smallest absolute Gasteiger partial charge is 0.302 e. The monoisotopic (exact) mass is 224 g/mol. The molecule has 0 saturated heterocycles. The highest BCUT2D eigenvalue weighted by Crippen LogP contribution is 2.35. The van der Waals surface area contributed by atoms with E-state index in [1.165, 1.54) is 19.1 Å². The van der Waals surface area contributed by atoms with Crippen molar-refractivity contribution in [2.24, 2.45) is 0 Å². The number of rotatable bonds is 2. The first-order chi connectivity index (χ1) is 7.48. The average molecular weight is 224 g/mol. The highest BCUT2D eigenvalue weighted by Gasteiger charge is 2.36. The van der Waals surface area contributed by atoms with Crippen LogP contribution in [0.15, 0.2) is 18.2 Å². The molecule has 0 saturated carbocycles. The second-order valence-electron chi connectivity index (χ2n) is 4.26. The van der Waals surface area contributed by atoms with E-state index < -0.39 is 5.60 Å². The Balaban J connectivity index is 2.11. The summed E-state index contributed by atoms with van der Waals surface area (Å²) in [7, 11) is 0. The summed E-state index contributed by atoms with van der Waals surface area (Å²) >= 11 is 0. The molecule has 0 bridgehead atoms. The van der Waals surface area contributed by atoms with Crippen LogP contribution in [0.3, 0.4) is 0 Å². The zero-order valence-corrected chi connectivity index (χ0v) is 9.25. The lowest BCUT2D eigenvalue weighted by molar-refractivity contribution is -0.146. The number of esters is 1. The Hall–Kier alpha value is -1.58. The van der Waals surface area contributed by atoms with E-state index in [9.17, 15) is 9.18 Å². The summed E-state index contributed by atoms with van der Waals surface area (Å²) in [6.45, 7) is 3.37. The fourth-order valence-corrected chi connectivity index (χ4v) is 1.82. The van der Waals surface area contributed by atoms with Gasteiger partial charge in [-0.25, -0.2) is 4.39 Å². The molecular formula is C12H13FO3. The van der Waals surface area contributed by atoms with Gasteiger partial charge in [0.2, 0.25) is 0 Å². The van der Waals surface area contributed by atoms with Gasteiger partial charge in [-0.3, -0.25) is 4.79 Å². The molecule has 0 aromatic heterocycles. The summed E-state index contributed by atoms with van der Waals surface area (Å²) in [6, 6.07) is 4.41. The normalized spacial score (nSPS) is 22.4. The number of benzene rings is 1. The van der Waals surface area contributed by atoms with Gasteiger partial charge in [0.1, 0.15) is 23.8 Å². The molecule has 0 radical (unpaired) electrons. The van der Waals surface area contributed by atoms with Crippen LogP contribution in [0.2, 0.25) is 0 Å². The van der Waals surface area contributed by atoms with Gasteiger partial charge in [0.25, 0.3) is 0 Å². The number of fused-ring (bicyclic) bond motifs is 1. The maximum absolute atomic E-state index is 13.0. The van der Waals surface area contributed by atoms with Crippen molar-refractivity contribution in [2.45, 2.75) is 25.9 Å². The SMILES string of the molecule is CC(=O)OCC1(C)Cc2cc(F)ccc2O1. The third-order valence-corrected chi connectivity index (χ3v) is 2.52. The predicted molar refractivity (Wildman–Crippen MR) is 55.8 cm³/mol. The third kappa shape index (κ3) is 2.15. The highest BCUT2D eigenvalue weighted by atomic mass is 19.1. The third-order valence-electron chi connectivity index (χ3n) is 2.52. The van der Waals surface area contributed by atoms with Gasteiger partial charge >= 0.3 is 5.97 Å². The van der Waals surface area contributed by atoms with Gasteiger partial charge in [0.05, 0.1) is 0 Å². The molecule has 1 aliphatic rings. The maximum Gasteiger partial charge on any atom is 0.302 e. The lowest BCUT2D eigenvalue weighted by Gasteiger charge is -2.22. The van der Waals surface area contributed by atoms with Gasteiger partial charge in [0.15, 0.2) is 0 Å². The molecule has 16 heavy (non-hydrogen) atoms. The molecule has 0 N–H and O–H groups in total. The van der Waals surface area contributed by atoms with Crippen molar-refractivity contribution in [1.82, 2.24) is 0 Å². The van der Waals surface area contributed by atoms with Gasteiger partial charge in [-0.05, 0) is 25.1 Å². The second kappa shape index (κ2) is 3.77. The van der Waals surface area contributed by atoms with E-state index in [0.717, 1.165) is 5.56 Å². The summed E-state index contributed by atoms with van der Waals surface area (Å²) in [5.74, 6) is 0.0436. The van der Waals surface area contributed by atoms with Crippen molar-refractivity contribution in [2.75, 3.05) is 6.61 Å². The number of hydrogen-bond acceptors (Lipinski definition) is 3. The summed E-state index contributed by atoms with van der Waals surface area (Å²) in [5, 5.41) is 0. The van der Waals surface area contributed by atoms with E-state index in [4.69, 9.17) is 9.47 Å². The van der Waals surface area contributed by atoms with Crippen molar-refractivity contribution in [3.05, 3.63) is 29.6 Å². The van der Waals surface area contributed by atoms with Crippen LogP contribution in [0.25, 0.3) is 0 Å². The Labute approximate surface area is 93.2 Å². The largest absolute Gasteiger partial charge is 0.483 e. The standard InChI is InChI=1S/C12H13FO3/c1-8(14)15-7-12(2)6-9-5-10(13)3-4-11(9)16-12/h3-5H,6-7H2,1-2H3. The van der Waals surface area contributed by atoms with E-state index in [1.54, 1.807) is 6.07 Å². The molecular weight excluding hydrogens is 211 g/mol. The molecule has 1 atom stereocenters. The van der Waals surface area contributed by atoms with E-state index in [2.05, 4.69) is 0 Å². The number of hydrogen-bond donors (Lipinski definition) is 0. The summed E-state index contributed by atoms with van der Waals surface area (Å²) < 4.78 is 23.6. The van der Waals surface area contributed by atoms with Crippen LogP contribution in [0.1, 0.15) is 19.4 Å². The van der Waals surface area contributed by atoms with E-state index in [0.29, 0.717) is 12.2 Å². The molecule has 1 aromatic rings. The summed E-state index contributed by atoms with van der Waals surface area (Å²) in [4.78, 5) is 10.7. The minimum Gasteiger partial charge on any atom is -0.483 e. The molecule has 1 unspecified atom stereocenters. The van der Waals surface area contributed by atoms with Crippen molar-refractivity contribution in [3.8, 4) is 5.75 Å². The Bertz CT molecular complexity index is 430. The molecule has 3 nitrogen and oxygen atoms in total. The van der Waals surface area contributed by atoms with Crippen LogP contribution < -0.4 is 4.74 Å². The van der Waals surface area contributed by atoms with Gasteiger partial charge < -0.3 is 9.47 Å². The zero-order valence-electron chi connectivity index (χ0n) is 9.25. The number of carbonyl (C=O) groups excluding carboxylic acids is 1. The van der Waals surface area contributed by atoms with Crippen molar-refractivity contribution in [1.29, 1.82) is 0 Å². The number of halogens is 1. The van der Waals surface area contributed by atoms with Gasteiger partial charge in [-0.1, -0.05) is 0 Å². The fraction of sp³-hybridized carbons (Fsp3) is 0.417. The van der Waals surface area contributed by atoms with Crippen molar-refractivity contribution >= 4 is 5.97 Å². The summed E-state index contributed by atoms with van der Waals surface area (Å²) in [6.07, 6.45) is 0.549. The summed E-state index contributed by atoms with van der Waals surface area (Å²) in [5.41, 5.74) is 0.233. The minimum atomic E-state index is -0.582. The molecule has 1 aliphatic heterocycles. The van der Waals surface area contributed by atoms with E-state index in [1.807, 2.05) is 6.92 Å². The minimum absolute atomic E-state index is 0.179. The van der Waals surface area contributed by atoms with E-state index >= 15 is 0 Å². The predicted octanol–water partition coefficient (Wildman–Crippen LogP) is 2.08. The first kappa shape index (κ1) is 10.9. The Morgan fingerprint density at radius 1 is 1.62 bits per heavy atom. The number of carbonyl (C=O) groups is 1. The van der Waals surface area contributed by atoms with Gasteiger partial charge in [-0.2, -0.15) is 0 Å². The average Bonchev–Trinajstić information content (AvgIpc) is 2.51. The molecule has 0 fully saturated rings. The number of ether oxygens (including phenoxy) is 2. The first-order valence-electron chi connectivity index (χ1n) is 5.09. The quantitative estimate of drug-likeness (QED) is 0.721. The van der Waals surface area contributed by atoms with Crippen LogP contribution >= 0.6 is 0 Å². The van der Waals surface area contributed by atoms with Crippen LogP contribution in [-0.4, -0.2) is 18.2 Å². The molecule has 2 rings (SSSR count). The van der Waals surface area contributed by atoms with Crippen molar-refractivity contribution < 1.29 is 18.7 Å². The van der Waals surface area contributed by atoms with Crippen LogP contribution in [0.4, 0.5) is 4.39 Å². The van der Waals surface area contributed by atoms with Crippen LogP contribution in [-0.2, 0) is 16.0 Å². The molecule has 0 aliphatic carbocycles. The van der Waals surface area contributed by atoms with Crippen molar-refractivity contribution in [3.63, 3.8) is 0 Å². The molecule has 0 spiro atoms. The van der Waals surface area contributed by atoms with Gasteiger partial charge in [-0.15, -0.1) is 0 Å². The van der Waals surface area contributed by atoms with Crippen LogP contribution in [0.5, 0.6) is 5.75 Å². The fourth-order valence-electron chi connectivity index (χ4n) is 1.82. The zero-order chi connectivity index (χ0) is 11.8.